The van der Waals surface area contributed by atoms with Crippen molar-refractivity contribution in [2.75, 3.05) is 0 Å². The summed E-state index contributed by atoms with van der Waals surface area (Å²) in [6, 6.07) is 0. The fourth-order valence-electron chi connectivity index (χ4n) is 1.10. The van der Waals surface area contributed by atoms with Gasteiger partial charge in [0.05, 0.1) is 0 Å². The zero-order valence-electron chi connectivity index (χ0n) is 5.30. The normalized spacial score (nSPS) is 25.8. The first kappa shape index (κ1) is 5.03. The molecule has 0 unspecified atom stereocenters. The monoisotopic (exact) mass is 122 g/mol. The van der Waals surface area contributed by atoms with Gasteiger partial charge in [0.25, 0.3) is 0 Å². The van der Waals surface area contributed by atoms with Crippen molar-refractivity contribution in [3.63, 3.8) is 0 Å². The van der Waals surface area contributed by atoms with Gasteiger partial charge in [-0.1, -0.05) is 6.08 Å². The van der Waals surface area contributed by atoms with Crippen LogP contribution in [-0.2, 0) is 0 Å². The second kappa shape index (κ2) is 1.59. The van der Waals surface area contributed by atoms with Gasteiger partial charge in [-0.15, -0.1) is 0 Å². The topological polar surface area (TPSA) is 38.4 Å². The van der Waals surface area contributed by atoms with Crippen LogP contribution in [0.2, 0.25) is 0 Å². The average molecular weight is 122 g/mol. The highest BCUT2D eigenvalue weighted by Crippen LogP contribution is 2.38. The lowest BCUT2D eigenvalue weighted by molar-refractivity contribution is 0.988. The van der Waals surface area contributed by atoms with Gasteiger partial charge < -0.3 is 5.73 Å². The van der Waals surface area contributed by atoms with Gasteiger partial charge in [-0.05, 0) is 12.8 Å². The van der Waals surface area contributed by atoms with Gasteiger partial charge in [-0.2, -0.15) is 0 Å². The van der Waals surface area contributed by atoms with Crippen molar-refractivity contribution in [3.8, 4) is 0 Å². The van der Waals surface area contributed by atoms with E-state index in [0.717, 1.165) is 18.2 Å². The van der Waals surface area contributed by atoms with Gasteiger partial charge in [-0.25, -0.2) is 4.99 Å². The average Bonchev–Trinajstić information content (AvgIpc) is 2.58. The molecule has 0 atom stereocenters. The maximum atomic E-state index is 5.49. The fraction of sp³-hybridized carbons (Fsp3) is 0.571. The molecule has 2 heteroatoms. The summed E-state index contributed by atoms with van der Waals surface area (Å²) < 4.78 is 0. The molecule has 2 N–H and O–H groups in total. The molecule has 1 aliphatic carbocycles. The summed E-state index contributed by atoms with van der Waals surface area (Å²) in [6.07, 6.45) is 5.67. The molecule has 1 aliphatic heterocycles. The van der Waals surface area contributed by atoms with Crippen molar-refractivity contribution < 1.29 is 0 Å². The quantitative estimate of drug-likeness (QED) is 0.554. The Kier molecular flexibility index (Phi) is 0.891. The molecule has 1 saturated carbocycles. The fourth-order valence-corrected chi connectivity index (χ4v) is 1.10. The first-order valence-corrected chi connectivity index (χ1v) is 3.39. The molecular weight excluding hydrogens is 112 g/mol. The summed E-state index contributed by atoms with van der Waals surface area (Å²) in [5.74, 6) is 1.56. The Bertz CT molecular complexity index is 187. The standard InChI is InChI=1S/C7H10N2/c8-7-4-3-6(9-7)5-1-2-5/h3,5H,1-2,4H2,(H2,8,9). The molecule has 2 rings (SSSR count). The number of aliphatic imine (C=N–C) groups is 1. The molecular formula is C7H10N2. The summed E-state index contributed by atoms with van der Waals surface area (Å²) in [5.41, 5.74) is 6.73. The number of amidine groups is 1. The van der Waals surface area contributed by atoms with Gasteiger partial charge in [0, 0.05) is 18.0 Å². The molecule has 0 aromatic heterocycles. The molecule has 0 radical (unpaired) electrons. The van der Waals surface area contributed by atoms with Crippen LogP contribution in [0.1, 0.15) is 19.3 Å². The van der Waals surface area contributed by atoms with Crippen molar-refractivity contribution in [2.45, 2.75) is 19.3 Å². The molecule has 0 aromatic carbocycles. The lowest BCUT2D eigenvalue weighted by Gasteiger charge is -1.88. The van der Waals surface area contributed by atoms with Crippen molar-refractivity contribution in [3.05, 3.63) is 11.8 Å². The summed E-state index contributed by atoms with van der Waals surface area (Å²) in [7, 11) is 0. The number of hydrogen-bond acceptors (Lipinski definition) is 2. The second-order valence-electron chi connectivity index (χ2n) is 2.71. The van der Waals surface area contributed by atoms with Crippen LogP contribution >= 0.6 is 0 Å². The minimum atomic E-state index is 0.769. The van der Waals surface area contributed by atoms with E-state index in [0.29, 0.717) is 0 Å². The molecule has 1 fully saturated rings. The Labute approximate surface area is 54.5 Å². The summed E-state index contributed by atoms with van der Waals surface area (Å²) in [6.45, 7) is 0. The van der Waals surface area contributed by atoms with Crippen LogP contribution < -0.4 is 5.73 Å². The van der Waals surface area contributed by atoms with Crippen LogP contribution in [0.5, 0.6) is 0 Å². The van der Waals surface area contributed by atoms with E-state index in [1.807, 2.05) is 0 Å². The maximum Gasteiger partial charge on any atom is 0.103 e. The molecule has 0 aromatic rings. The van der Waals surface area contributed by atoms with Gasteiger partial charge in [0.15, 0.2) is 0 Å². The number of rotatable bonds is 1. The predicted molar refractivity (Wildman–Crippen MR) is 37.0 cm³/mol. The zero-order chi connectivity index (χ0) is 6.27. The smallest absolute Gasteiger partial charge is 0.103 e. The Morgan fingerprint density at radius 1 is 1.56 bits per heavy atom. The lowest BCUT2D eigenvalue weighted by Crippen LogP contribution is -2.06. The van der Waals surface area contributed by atoms with E-state index in [1.165, 1.54) is 18.5 Å². The number of nitrogens with zero attached hydrogens (tertiary/aromatic N) is 1. The zero-order valence-corrected chi connectivity index (χ0v) is 5.30. The van der Waals surface area contributed by atoms with E-state index < -0.39 is 0 Å². The van der Waals surface area contributed by atoms with E-state index in [4.69, 9.17) is 5.73 Å². The van der Waals surface area contributed by atoms with Crippen LogP contribution in [-0.4, -0.2) is 5.84 Å². The van der Waals surface area contributed by atoms with Crippen molar-refractivity contribution in [1.29, 1.82) is 0 Å². The van der Waals surface area contributed by atoms with Crippen molar-refractivity contribution in [2.24, 2.45) is 16.6 Å². The molecule has 2 nitrogen and oxygen atoms in total. The maximum absolute atomic E-state index is 5.49. The Balaban J connectivity index is 2.12. The van der Waals surface area contributed by atoms with Crippen LogP contribution in [0.4, 0.5) is 0 Å². The predicted octanol–water partition coefficient (Wildman–Crippen LogP) is 1.04. The summed E-state index contributed by atoms with van der Waals surface area (Å²) in [5, 5.41) is 0. The highest BCUT2D eigenvalue weighted by Gasteiger charge is 2.27. The van der Waals surface area contributed by atoms with Gasteiger partial charge >= 0.3 is 0 Å². The summed E-state index contributed by atoms with van der Waals surface area (Å²) in [4.78, 5) is 4.21. The molecule has 0 bridgehead atoms. The van der Waals surface area contributed by atoms with Crippen LogP contribution in [0.3, 0.4) is 0 Å². The molecule has 0 spiro atoms. The first-order valence-electron chi connectivity index (χ1n) is 3.39. The van der Waals surface area contributed by atoms with Gasteiger partial charge in [0.1, 0.15) is 5.84 Å². The van der Waals surface area contributed by atoms with E-state index in [1.54, 1.807) is 0 Å². The number of nitrogens with two attached hydrogens (primary N) is 1. The molecule has 2 aliphatic rings. The third kappa shape index (κ3) is 0.846. The van der Waals surface area contributed by atoms with Crippen LogP contribution in [0, 0.1) is 5.92 Å². The molecule has 0 saturated heterocycles. The van der Waals surface area contributed by atoms with Crippen LogP contribution in [0.25, 0.3) is 0 Å². The third-order valence-corrected chi connectivity index (χ3v) is 1.79. The molecule has 0 amide bonds. The van der Waals surface area contributed by atoms with Gasteiger partial charge in [0.2, 0.25) is 0 Å². The van der Waals surface area contributed by atoms with E-state index in [-0.39, 0.29) is 0 Å². The van der Waals surface area contributed by atoms with Crippen molar-refractivity contribution in [1.82, 2.24) is 0 Å². The Morgan fingerprint density at radius 3 is 2.78 bits per heavy atom. The summed E-state index contributed by atoms with van der Waals surface area (Å²) >= 11 is 0. The van der Waals surface area contributed by atoms with Crippen molar-refractivity contribution >= 4 is 5.84 Å². The highest BCUT2D eigenvalue weighted by molar-refractivity contribution is 5.85. The van der Waals surface area contributed by atoms with E-state index in [9.17, 15) is 0 Å². The van der Waals surface area contributed by atoms with E-state index in [2.05, 4.69) is 11.1 Å². The highest BCUT2D eigenvalue weighted by atomic mass is 14.9. The first-order chi connectivity index (χ1) is 4.36. The minimum Gasteiger partial charge on any atom is -0.387 e. The largest absolute Gasteiger partial charge is 0.387 e. The Morgan fingerprint density at radius 2 is 2.33 bits per heavy atom. The molecule has 1 heterocycles. The molecule has 9 heavy (non-hydrogen) atoms. The Hall–Kier alpha value is -0.790. The third-order valence-electron chi connectivity index (χ3n) is 1.79. The van der Waals surface area contributed by atoms with E-state index >= 15 is 0 Å². The van der Waals surface area contributed by atoms with Gasteiger partial charge in [-0.3, -0.25) is 0 Å². The lowest BCUT2D eigenvalue weighted by atomic mass is 10.3. The van der Waals surface area contributed by atoms with Crippen LogP contribution in [0.15, 0.2) is 16.8 Å². The number of allylic oxidation sites excluding steroid dienone is 1. The SMILES string of the molecule is NC1=NC(C2CC2)=CC1. The minimum absolute atomic E-state index is 0.769. The second-order valence-corrected chi connectivity index (χ2v) is 2.71. The number of hydrogen-bond donors (Lipinski definition) is 1. The molecule has 48 valence electrons.